The molecule has 21 heavy (non-hydrogen) atoms. The molecule has 0 aromatic carbocycles. The Morgan fingerprint density at radius 3 is 2.76 bits per heavy atom. The lowest BCUT2D eigenvalue weighted by molar-refractivity contribution is 0.464. The maximum Gasteiger partial charge on any atom is 0.203 e. The average molecular weight is 306 g/mol. The number of anilines is 1. The standard InChI is InChI=1S/C14H18N4O2S/c15-13-6-3-8-16-14(13)21(19,20)10-11-7-9-18(17-11)12-4-1-2-5-12/h3,6-9,12H,1-2,4-5,10,15H2. The van der Waals surface area contributed by atoms with E-state index in [1.54, 1.807) is 12.1 Å². The number of pyridine rings is 1. The first kappa shape index (κ1) is 14.1. The van der Waals surface area contributed by atoms with Crippen molar-refractivity contribution in [1.29, 1.82) is 0 Å². The van der Waals surface area contributed by atoms with E-state index in [1.165, 1.54) is 25.1 Å². The monoisotopic (exact) mass is 306 g/mol. The van der Waals surface area contributed by atoms with E-state index in [2.05, 4.69) is 10.1 Å². The van der Waals surface area contributed by atoms with Gasteiger partial charge in [-0.2, -0.15) is 5.10 Å². The summed E-state index contributed by atoms with van der Waals surface area (Å²) in [5.41, 5.74) is 6.41. The number of nitrogens with zero attached hydrogens (tertiary/aromatic N) is 3. The molecule has 0 spiro atoms. The average Bonchev–Trinajstić information content (AvgIpc) is 3.09. The van der Waals surface area contributed by atoms with E-state index in [4.69, 9.17) is 5.73 Å². The number of hydrogen-bond acceptors (Lipinski definition) is 5. The normalized spacial score (nSPS) is 16.4. The van der Waals surface area contributed by atoms with Crippen LogP contribution in [0.15, 0.2) is 35.6 Å². The third-order valence-corrected chi connectivity index (χ3v) is 5.40. The Morgan fingerprint density at radius 2 is 2.05 bits per heavy atom. The Balaban J connectivity index is 1.81. The fourth-order valence-corrected chi connectivity index (χ4v) is 4.08. The van der Waals surface area contributed by atoms with Crippen LogP contribution in [0.25, 0.3) is 0 Å². The summed E-state index contributed by atoms with van der Waals surface area (Å²) in [5.74, 6) is -0.173. The molecule has 1 fully saturated rings. The van der Waals surface area contributed by atoms with Crippen LogP contribution < -0.4 is 5.73 Å². The minimum Gasteiger partial charge on any atom is -0.396 e. The molecule has 2 heterocycles. The van der Waals surface area contributed by atoms with Gasteiger partial charge >= 0.3 is 0 Å². The second-order valence-electron chi connectivity index (χ2n) is 5.38. The minimum absolute atomic E-state index is 0.0691. The van der Waals surface area contributed by atoms with Crippen LogP contribution in [0.2, 0.25) is 0 Å². The third-order valence-electron chi connectivity index (χ3n) is 3.80. The van der Waals surface area contributed by atoms with E-state index in [1.807, 2.05) is 10.9 Å². The Kier molecular flexibility index (Phi) is 3.67. The molecular weight excluding hydrogens is 288 g/mol. The third kappa shape index (κ3) is 2.92. The zero-order chi connectivity index (χ0) is 14.9. The van der Waals surface area contributed by atoms with Gasteiger partial charge in [-0.3, -0.25) is 4.68 Å². The van der Waals surface area contributed by atoms with Crippen LogP contribution in [-0.4, -0.2) is 23.2 Å². The fraction of sp³-hybridized carbons (Fsp3) is 0.429. The van der Waals surface area contributed by atoms with Crippen molar-refractivity contribution in [2.75, 3.05) is 5.73 Å². The van der Waals surface area contributed by atoms with Crippen LogP contribution in [0.4, 0.5) is 5.69 Å². The summed E-state index contributed by atoms with van der Waals surface area (Å²) in [6.45, 7) is 0. The molecule has 6 nitrogen and oxygen atoms in total. The molecule has 1 aliphatic rings. The Bertz CT molecular complexity index is 733. The molecule has 1 aliphatic carbocycles. The highest BCUT2D eigenvalue weighted by atomic mass is 32.2. The molecule has 0 aliphatic heterocycles. The lowest BCUT2D eigenvalue weighted by Crippen LogP contribution is -2.11. The maximum atomic E-state index is 12.4. The van der Waals surface area contributed by atoms with Gasteiger partial charge in [0.2, 0.25) is 9.84 Å². The molecule has 0 atom stereocenters. The van der Waals surface area contributed by atoms with Crippen molar-refractivity contribution >= 4 is 15.5 Å². The van der Waals surface area contributed by atoms with E-state index in [0.717, 1.165) is 12.8 Å². The first-order valence-corrected chi connectivity index (χ1v) is 8.69. The van der Waals surface area contributed by atoms with Crippen LogP contribution in [0.1, 0.15) is 37.4 Å². The van der Waals surface area contributed by atoms with Crippen LogP contribution in [-0.2, 0) is 15.6 Å². The topological polar surface area (TPSA) is 90.9 Å². The first-order chi connectivity index (χ1) is 10.1. The predicted molar refractivity (Wildman–Crippen MR) is 79.3 cm³/mol. The zero-order valence-electron chi connectivity index (χ0n) is 11.6. The summed E-state index contributed by atoms with van der Waals surface area (Å²) < 4.78 is 26.6. The number of aromatic nitrogens is 3. The van der Waals surface area contributed by atoms with Gasteiger partial charge < -0.3 is 5.73 Å². The van der Waals surface area contributed by atoms with Crippen LogP contribution in [0.5, 0.6) is 0 Å². The van der Waals surface area contributed by atoms with Gasteiger partial charge in [-0.15, -0.1) is 0 Å². The highest BCUT2D eigenvalue weighted by Crippen LogP contribution is 2.29. The number of nitrogens with two attached hydrogens (primary N) is 1. The van der Waals surface area contributed by atoms with E-state index < -0.39 is 9.84 Å². The molecule has 0 amide bonds. The van der Waals surface area contributed by atoms with Gasteiger partial charge in [0.1, 0.15) is 5.75 Å². The number of nitrogen functional groups attached to an aromatic ring is 1. The quantitative estimate of drug-likeness (QED) is 0.932. The minimum atomic E-state index is -3.57. The zero-order valence-corrected chi connectivity index (χ0v) is 12.5. The van der Waals surface area contributed by atoms with Gasteiger partial charge in [-0.25, -0.2) is 13.4 Å². The van der Waals surface area contributed by atoms with Crippen LogP contribution in [0.3, 0.4) is 0 Å². The fourth-order valence-electron chi connectivity index (χ4n) is 2.75. The van der Waals surface area contributed by atoms with Crippen molar-refractivity contribution in [2.24, 2.45) is 0 Å². The van der Waals surface area contributed by atoms with Gasteiger partial charge in [-0.1, -0.05) is 12.8 Å². The molecule has 2 aromatic rings. The van der Waals surface area contributed by atoms with E-state index in [-0.39, 0.29) is 16.5 Å². The van der Waals surface area contributed by atoms with Gasteiger partial charge in [0.15, 0.2) is 5.03 Å². The van der Waals surface area contributed by atoms with Crippen molar-refractivity contribution < 1.29 is 8.42 Å². The summed E-state index contributed by atoms with van der Waals surface area (Å²) in [4.78, 5) is 3.88. The number of hydrogen-bond donors (Lipinski definition) is 1. The summed E-state index contributed by atoms with van der Waals surface area (Å²) in [6.07, 6.45) is 7.94. The molecule has 2 N–H and O–H groups in total. The SMILES string of the molecule is Nc1cccnc1S(=O)(=O)Cc1ccn(C2CCCC2)n1. The molecule has 0 bridgehead atoms. The highest BCUT2D eigenvalue weighted by Gasteiger charge is 2.23. The van der Waals surface area contributed by atoms with Gasteiger partial charge in [-0.05, 0) is 31.0 Å². The van der Waals surface area contributed by atoms with Crippen molar-refractivity contribution in [2.45, 2.75) is 42.5 Å². The van der Waals surface area contributed by atoms with Gasteiger partial charge in [0, 0.05) is 12.4 Å². The van der Waals surface area contributed by atoms with E-state index in [0.29, 0.717) is 11.7 Å². The second kappa shape index (κ2) is 5.48. The predicted octanol–water partition coefficient (Wildman–Crippen LogP) is 1.95. The molecule has 3 rings (SSSR count). The molecule has 2 aromatic heterocycles. The summed E-state index contributed by atoms with van der Waals surface area (Å²) in [6, 6.07) is 5.32. The highest BCUT2D eigenvalue weighted by molar-refractivity contribution is 7.90. The number of rotatable bonds is 4. The van der Waals surface area contributed by atoms with E-state index >= 15 is 0 Å². The Morgan fingerprint density at radius 1 is 1.29 bits per heavy atom. The van der Waals surface area contributed by atoms with E-state index in [9.17, 15) is 8.42 Å². The summed E-state index contributed by atoms with van der Waals surface area (Å²) in [7, 11) is -3.57. The largest absolute Gasteiger partial charge is 0.396 e. The second-order valence-corrected chi connectivity index (χ2v) is 7.29. The smallest absolute Gasteiger partial charge is 0.203 e. The molecule has 112 valence electrons. The van der Waals surface area contributed by atoms with Crippen molar-refractivity contribution in [3.8, 4) is 0 Å². The lowest BCUT2D eigenvalue weighted by atomic mass is 10.3. The molecule has 0 saturated heterocycles. The molecular formula is C14H18N4O2S. The first-order valence-electron chi connectivity index (χ1n) is 7.03. The number of sulfone groups is 1. The van der Waals surface area contributed by atoms with Crippen molar-refractivity contribution in [1.82, 2.24) is 14.8 Å². The van der Waals surface area contributed by atoms with Crippen LogP contribution >= 0.6 is 0 Å². The maximum absolute atomic E-state index is 12.4. The Labute approximate surface area is 123 Å². The van der Waals surface area contributed by atoms with Crippen LogP contribution in [0, 0.1) is 0 Å². The summed E-state index contributed by atoms with van der Waals surface area (Å²) in [5, 5.41) is 4.33. The van der Waals surface area contributed by atoms with Gasteiger partial charge in [0.25, 0.3) is 0 Å². The van der Waals surface area contributed by atoms with Crippen molar-refractivity contribution in [3.05, 3.63) is 36.3 Å². The van der Waals surface area contributed by atoms with Crippen molar-refractivity contribution in [3.63, 3.8) is 0 Å². The summed E-state index contributed by atoms with van der Waals surface area (Å²) >= 11 is 0. The lowest BCUT2D eigenvalue weighted by Gasteiger charge is -2.09. The Hall–Kier alpha value is -1.89. The molecule has 7 heteroatoms. The molecule has 0 unspecified atom stereocenters. The molecule has 0 radical (unpaired) electrons. The molecule has 1 saturated carbocycles. The van der Waals surface area contributed by atoms with Gasteiger partial charge in [0.05, 0.1) is 17.4 Å².